The van der Waals surface area contributed by atoms with Crippen molar-refractivity contribution in [2.45, 2.75) is 38.5 Å². The summed E-state index contributed by atoms with van der Waals surface area (Å²) in [5.41, 5.74) is 3.94. The molecule has 0 heterocycles. The van der Waals surface area contributed by atoms with Crippen LogP contribution in [0.5, 0.6) is 0 Å². The third-order valence-electron chi connectivity index (χ3n) is 4.32. The summed E-state index contributed by atoms with van der Waals surface area (Å²) >= 11 is 0. The van der Waals surface area contributed by atoms with E-state index in [4.69, 9.17) is 0 Å². The second-order valence-electron chi connectivity index (χ2n) is 6.52. The number of sulfone groups is 1. The summed E-state index contributed by atoms with van der Waals surface area (Å²) in [7, 11) is -3.35. The second-order valence-corrected chi connectivity index (χ2v) is 8.54. The maximum absolute atomic E-state index is 12.3. The molecule has 0 aliphatic heterocycles. The zero-order valence-electron chi connectivity index (χ0n) is 15.4. The fraction of sp³-hybridized carbons (Fsp3) is 0.300. The summed E-state index contributed by atoms with van der Waals surface area (Å²) in [6.45, 7) is 5.70. The van der Waals surface area contributed by atoms with E-state index in [9.17, 15) is 18.0 Å². The van der Waals surface area contributed by atoms with Crippen LogP contribution in [-0.4, -0.2) is 26.4 Å². The lowest BCUT2D eigenvalue weighted by molar-refractivity contribution is -0.116. The number of benzene rings is 2. The molecule has 26 heavy (non-hydrogen) atoms. The van der Waals surface area contributed by atoms with Gasteiger partial charge in [-0.05, 0) is 55.7 Å². The van der Waals surface area contributed by atoms with Crippen molar-refractivity contribution in [1.82, 2.24) is 0 Å². The number of ketones is 1. The highest BCUT2D eigenvalue weighted by molar-refractivity contribution is 7.90. The summed E-state index contributed by atoms with van der Waals surface area (Å²) in [6, 6.07) is 10.1. The van der Waals surface area contributed by atoms with Gasteiger partial charge < -0.3 is 5.32 Å². The third kappa shape index (κ3) is 5.02. The van der Waals surface area contributed by atoms with Gasteiger partial charge in [0.1, 0.15) is 0 Å². The Labute approximate surface area is 154 Å². The zero-order valence-corrected chi connectivity index (χ0v) is 16.2. The molecule has 0 saturated heterocycles. The Morgan fingerprint density at radius 2 is 1.54 bits per heavy atom. The number of aryl methyl sites for hydroxylation is 3. The van der Waals surface area contributed by atoms with Crippen LogP contribution in [0.15, 0.2) is 41.3 Å². The molecule has 1 amide bonds. The van der Waals surface area contributed by atoms with E-state index < -0.39 is 9.84 Å². The minimum Gasteiger partial charge on any atom is -0.326 e. The highest BCUT2D eigenvalue weighted by atomic mass is 32.2. The Balaban J connectivity index is 2.03. The van der Waals surface area contributed by atoms with Gasteiger partial charge in [-0.15, -0.1) is 0 Å². The summed E-state index contributed by atoms with van der Waals surface area (Å²) in [6.07, 6.45) is 1.25. The highest BCUT2D eigenvalue weighted by Gasteiger charge is 2.13. The number of anilines is 1. The second kappa shape index (κ2) is 7.83. The topological polar surface area (TPSA) is 80.3 Å². The first-order chi connectivity index (χ1) is 12.1. The van der Waals surface area contributed by atoms with E-state index in [0.717, 1.165) is 22.9 Å². The molecule has 5 nitrogen and oxygen atoms in total. The van der Waals surface area contributed by atoms with Crippen LogP contribution in [0.3, 0.4) is 0 Å². The van der Waals surface area contributed by atoms with Gasteiger partial charge in [0.25, 0.3) is 0 Å². The van der Waals surface area contributed by atoms with Crippen LogP contribution in [-0.2, 0) is 14.6 Å². The molecule has 0 saturated carbocycles. The van der Waals surface area contributed by atoms with Crippen LogP contribution >= 0.6 is 0 Å². The Bertz CT molecular complexity index is 962. The van der Waals surface area contributed by atoms with E-state index in [-0.39, 0.29) is 29.4 Å². The number of amides is 1. The van der Waals surface area contributed by atoms with Crippen molar-refractivity contribution in [2.75, 3.05) is 11.6 Å². The highest BCUT2D eigenvalue weighted by Crippen LogP contribution is 2.21. The number of hydrogen-bond acceptors (Lipinski definition) is 4. The summed E-state index contributed by atoms with van der Waals surface area (Å²) in [4.78, 5) is 24.6. The molecule has 0 aromatic heterocycles. The monoisotopic (exact) mass is 373 g/mol. The van der Waals surface area contributed by atoms with Crippen molar-refractivity contribution in [1.29, 1.82) is 0 Å². The number of carbonyl (C=O) groups is 2. The first kappa shape index (κ1) is 19.8. The summed E-state index contributed by atoms with van der Waals surface area (Å²) in [5, 5.41) is 2.69. The lowest BCUT2D eigenvalue weighted by Crippen LogP contribution is -2.15. The molecule has 6 heteroatoms. The van der Waals surface area contributed by atoms with Crippen LogP contribution in [0.1, 0.15) is 39.9 Å². The molecule has 0 aliphatic rings. The van der Waals surface area contributed by atoms with Gasteiger partial charge in [-0.25, -0.2) is 8.42 Å². The molecule has 0 fully saturated rings. The van der Waals surface area contributed by atoms with Gasteiger partial charge >= 0.3 is 0 Å². The molecule has 0 unspecified atom stereocenters. The molecule has 0 bridgehead atoms. The van der Waals surface area contributed by atoms with Crippen molar-refractivity contribution >= 4 is 27.2 Å². The van der Waals surface area contributed by atoms with Crippen molar-refractivity contribution in [3.8, 4) is 0 Å². The molecular formula is C20H23NO4S. The molecule has 1 N–H and O–H groups in total. The van der Waals surface area contributed by atoms with Crippen molar-refractivity contribution in [3.05, 3.63) is 58.7 Å². The number of rotatable bonds is 6. The van der Waals surface area contributed by atoms with E-state index in [1.165, 1.54) is 12.1 Å². The Morgan fingerprint density at radius 1 is 0.885 bits per heavy atom. The maximum Gasteiger partial charge on any atom is 0.224 e. The zero-order chi connectivity index (χ0) is 19.5. The lowest BCUT2D eigenvalue weighted by Gasteiger charge is -2.10. The number of nitrogens with one attached hydrogen (secondary N) is 1. The number of hydrogen-bond donors (Lipinski definition) is 1. The fourth-order valence-electron chi connectivity index (χ4n) is 2.47. The maximum atomic E-state index is 12.3. The number of carbonyl (C=O) groups excluding carboxylic acids is 2. The molecule has 2 aromatic carbocycles. The average molecular weight is 373 g/mol. The summed E-state index contributed by atoms with van der Waals surface area (Å²) < 4.78 is 23.3. The standard InChI is InChI=1S/C20H23NO4S/c1-13-5-7-16(11-15(13)3)19(22)9-10-20(23)21-18-12-17(26(4,24)25)8-6-14(18)2/h5-8,11-12H,9-10H2,1-4H3,(H,21,23). The Kier molecular flexibility index (Phi) is 5.97. The van der Waals surface area contributed by atoms with Crippen LogP contribution in [0.4, 0.5) is 5.69 Å². The normalized spacial score (nSPS) is 11.2. The van der Waals surface area contributed by atoms with Crippen LogP contribution in [0.25, 0.3) is 0 Å². The van der Waals surface area contributed by atoms with E-state index in [2.05, 4.69) is 5.32 Å². The van der Waals surface area contributed by atoms with Crippen molar-refractivity contribution < 1.29 is 18.0 Å². The minimum absolute atomic E-state index is 0.0360. The Morgan fingerprint density at radius 3 is 2.15 bits per heavy atom. The molecule has 2 aromatic rings. The van der Waals surface area contributed by atoms with Crippen LogP contribution < -0.4 is 5.32 Å². The van der Waals surface area contributed by atoms with E-state index in [1.807, 2.05) is 26.0 Å². The van der Waals surface area contributed by atoms with E-state index in [0.29, 0.717) is 11.3 Å². The van der Waals surface area contributed by atoms with E-state index in [1.54, 1.807) is 19.1 Å². The van der Waals surface area contributed by atoms with Gasteiger partial charge in [0, 0.05) is 30.3 Å². The van der Waals surface area contributed by atoms with Gasteiger partial charge in [-0.2, -0.15) is 0 Å². The van der Waals surface area contributed by atoms with Gasteiger partial charge in [0.15, 0.2) is 15.6 Å². The average Bonchev–Trinajstić information content (AvgIpc) is 2.56. The first-order valence-electron chi connectivity index (χ1n) is 8.29. The van der Waals surface area contributed by atoms with Crippen LogP contribution in [0.2, 0.25) is 0 Å². The molecule has 138 valence electrons. The SMILES string of the molecule is Cc1ccc(C(=O)CCC(=O)Nc2cc(S(C)(=O)=O)ccc2C)cc1C. The van der Waals surface area contributed by atoms with Gasteiger partial charge in [-0.1, -0.05) is 18.2 Å². The van der Waals surface area contributed by atoms with Crippen molar-refractivity contribution in [2.24, 2.45) is 0 Å². The molecule has 0 radical (unpaired) electrons. The predicted octanol–water partition coefficient (Wildman–Crippen LogP) is 3.62. The lowest BCUT2D eigenvalue weighted by atomic mass is 10.0. The van der Waals surface area contributed by atoms with Crippen LogP contribution in [0, 0.1) is 20.8 Å². The van der Waals surface area contributed by atoms with E-state index >= 15 is 0 Å². The summed E-state index contributed by atoms with van der Waals surface area (Å²) in [5.74, 6) is -0.416. The van der Waals surface area contributed by atoms with Gasteiger partial charge in [0.2, 0.25) is 5.91 Å². The molecule has 0 atom stereocenters. The van der Waals surface area contributed by atoms with Gasteiger partial charge in [0.05, 0.1) is 4.90 Å². The van der Waals surface area contributed by atoms with Crippen molar-refractivity contribution in [3.63, 3.8) is 0 Å². The smallest absolute Gasteiger partial charge is 0.224 e. The first-order valence-corrected chi connectivity index (χ1v) is 10.2. The Hall–Kier alpha value is -2.47. The quantitative estimate of drug-likeness (QED) is 0.784. The largest absolute Gasteiger partial charge is 0.326 e. The number of Topliss-reactive ketones (excluding diaryl/α,β-unsaturated/α-hetero) is 1. The van der Waals surface area contributed by atoms with Gasteiger partial charge in [-0.3, -0.25) is 9.59 Å². The molecule has 2 rings (SSSR count). The molecule has 0 aliphatic carbocycles. The molecular weight excluding hydrogens is 350 g/mol. The third-order valence-corrected chi connectivity index (χ3v) is 5.43. The fourth-order valence-corrected chi connectivity index (χ4v) is 3.11. The predicted molar refractivity (Wildman–Crippen MR) is 102 cm³/mol. The minimum atomic E-state index is -3.35. The molecule has 0 spiro atoms.